The molecule has 1 saturated heterocycles. The zero-order chi connectivity index (χ0) is 18.1. The van der Waals surface area contributed by atoms with Crippen molar-refractivity contribution in [1.82, 2.24) is 0 Å². The van der Waals surface area contributed by atoms with E-state index < -0.39 is 5.97 Å². The molecule has 4 nitrogen and oxygen atoms in total. The maximum absolute atomic E-state index is 12.8. The Labute approximate surface area is 155 Å². The van der Waals surface area contributed by atoms with Gasteiger partial charge in [-0.05, 0) is 37.1 Å². The number of benzene rings is 2. The van der Waals surface area contributed by atoms with E-state index in [1.54, 1.807) is 24.3 Å². The van der Waals surface area contributed by atoms with Crippen LogP contribution in [0.15, 0.2) is 47.4 Å². The molecule has 0 aliphatic carbocycles. The number of rotatable bonds is 3. The van der Waals surface area contributed by atoms with Crippen LogP contribution < -0.4 is 10.0 Å². The number of hydrogen-bond acceptors (Lipinski definition) is 5. The summed E-state index contributed by atoms with van der Waals surface area (Å²) in [5, 5.41) is 11.2. The summed E-state index contributed by atoms with van der Waals surface area (Å²) in [6, 6.07) is 12.2. The van der Waals surface area contributed by atoms with E-state index in [0.29, 0.717) is 14.8 Å². The van der Waals surface area contributed by atoms with Crippen molar-refractivity contribution in [2.24, 2.45) is 0 Å². The molecule has 0 bridgehead atoms. The maximum atomic E-state index is 12.8. The number of hydrogen-bond donors (Lipinski definition) is 0. The minimum atomic E-state index is -1.28. The Morgan fingerprint density at radius 2 is 1.92 bits per heavy atom. The van der Waals surface area contributed by atoms with Crippen molar-refractivity contribution < 1.29 is 14.7 Å². The number of anilines is 1. The van der Waals surface area contributed by atoms with E-state index >= 15 is 0 Å². The Morgan fingerprint density at radius 3 is 2.60 bits per heavy atom. The largest absolute Gasteiger partial charge is 0.545 e. The molecule has 1 aliphatic rings. The quantitative estimate of drug-likeness (QED) is 0.615. The summed E-state index contributed by atoms with van der Waals surface area (Å²) in [6.45, 7) is 3.91. The van der Waals surface area contributed by atoms with Crippen molar-refractivity contribution in [3.63, 3.8) is 0 Å². The summed E-state index contributed by atoms with van der Waals surface area (Å²) in [7, 11) is 0. The molecule has 6 heteroatoms. The Morgan fingerprint density at radius 1 is 1.20 bits per heavy atom. The molecule has 0 aromatic heterocycles. The highest BCUT2D eigenvalue weighted by Crippen LogP contribution is 2.37. The molecule has 0 atom stereocenters. The first-order valence-corrected chi connectivity index (χ1v) is 8.76. The van der Waals surface area contributed by atoms with Crippen LogP contribution in [-0.2, 0) is 4.79 Å². The van der Waals surface area contributed by atoms with E-state index in [4.69, 9.17) is 12.2 Å². The van der Waals surface area contributed by atoms with Crippen LogP contribution in [0.3, 0.4) is 0 Å². The molecular formula is C19H14NO3S2-. The fourth-order valence-electron chi connectivity index (χ4n) is 2.68. The highest BCUT2D eigenvalue weighted by atomic mass is 32.2. The number of aromatic carboxylic acids is 1. The second-order valence-corrected chi connectivity index (χ2v) is 7.36. The summed E-state index contributed by atoms with van der Waals surface area (Å²) in [5.74, 6) is -1.54. The minimum Gasteiger partial charge on any atom is -0.545 e. The van der Waals surface area contributed by atoms with Crippen LogP contribution in [0.5, 0.6) is 0 Å². The number of aryl methyl sites for hydroxylation is 2. The third-order valence-corrected chi connectivity index (χ3v) is 5.16. The fourth-order valence-corrected chi connectivity index (χ4v) is 3.96. The highest BCUT2D eigenvalue weighted by Gasteiger charge is 2.34. The lowest BCUT2D eigenvalue weighted by Gasteiger charge is -2.17. The van der Waals surface area contributed by atoms with Gasteiger partial charge in [0.2, 0.25) is 0 Å². The van der Waals surface area contributed by atoms with Crippen molar-refractivity contribution in [1.29, 1.82) is 0 Å². The van der Waals surface area contributed by atoms with Crippen molar-refractivity contribution in [2.75, 3.05) is 4.90 Å². The lowest BCUT2D eigenvalue weighted by Crippen LogP contribution is -2.28. The lowest BCUT2D eigenvalue weighted by molar-refractivity contribution is -0.255. The van der Waals surface area contributed by atoms with Gasteiger partial charge in [-0.2, -0.15) is 0 Å². The number of carboxylic acids is 1. The first-order chi connectivity index (χ1) is 11.9. The minimum absolute atomic E-state index is 0.0410. The van der Waals surface area contributed by atoms with Crippen LogP contribution in [0, 0.1) is 13.8 Å². The number of carboxylic acid groups (broad SMARTS) is 1. The molecule has 0 N–H and O–H groups in total. The molecule has 2 aromatic carbocycles. The number of nitrogens with zero attached hydrogens (tertiary/aromatic N) is 1. The van der Waals surface area contributed by atoms with Crippen molar-refractivity contribution in [2.45, 2.75) is 13.8 Å². The van der Waals surface area contributed by atoms with Gasteiger partial charge in [0.1, 0.15) is 0 Å². The van der Waals surface area contributed by atoms with Crippen LogP contribution in [0.2, 0.25) is 0 Å². The average molecular weight is 368 g/mol. The van der Waals surface area contributed by atoms with Gasteiger partial charge in [0, 0.05) is 5.56 Å². The zero-order valence-electron chi connectivity index (χ0n) is 13.6. The highest BCUT2D eigenvalue weighted by molar-refractivity contribution is 8.27. The van der Waals surface area contributed by atoms with E-state index in [-0.39, 0.29) is 11.5 Å². The molecule has 126 valence electrons. The van der Waals surface area contributed by atoms with Crippen LogP contribution in [0.4, 0.5) is 5.69 Å². The molecule has 2 aromatic rings. The predicted octanol–water partition coefficient (Wildman–Crippen LogP) is 3.07. The van der Waals surface area contributed by atoms with Gasteiger partial charge in [-0.1, -0.05) is 65.9 Å². The molecule has 25 heavy (non-hydrogen) atoms. The van der Waals surface area contributed by atoms with Gasteiger partial charge in [-0.25, -0.2) is 0 Å². The Hall–Kier alpha value is -2.44. The SMILES string of the molecule is Cc1ccc(N2C(=O)/C(=C/c3ccccc3C(=O)[O-])SC2=S)c(C)c1. The van der Waals surface area contributed by atoms with Crippen LogP contribution in [-0.4, -0.2) is 16.2 Å². The molecule has 1 amide bonds. The lowest BCUT2D eigenvalue weighted by atomic mass is 10.1. The molecule has 0 saturated carbocycles. The first kappa shape index (κ1) is 17.4. The van der Waals surface area contributed by atoms with E-state index in [1.165, 1.54) is 11.0 Å². The molecule has 0 unspecified atom stereocenters. The maximum Gasteiger partial charge on any atom is 0.270 e. The van der Waals surface area contributed by atoms with Gasteiger partial charge in [0.25, 0.3) is 5.91 Å². The molecule has 0 spiro atoms. The summed E-state index contributed by atoms with van der Waals surface area (Å²) < 4.78 is 0.425. The summed E-state index contributed by atoms with van der Waals surface area (Å²) in [6.07, 6.45) is 1.55. The molecule has 0 radical (unpaired) electrons. The van der Waals surface area contributed by atoms with Gasteiger partial charge >= 0.3 is 0 Å². The second-order valence-electron chi connectivity index (χ2n) is 5.68. The van der Waals surface area contributed by atoms with Crippen LogP contribution in [0.1, 0.15) is 27.0 Å². The summed E-state index contributed by atoms with van der Waals surface area (Å²) >= 11 is 6.53. The molecular weight excluding hydrogens is 354 g/mol. The molecule has 1 aliphatic heterocycles. The number of thioether (sulfide) groups is 1. The van der Waals surface area contributed by atoms with Crippen LogP contribution in [0.25, 0.3) is 6.08 Å². The number of amides is 1. The van der Waals surface area contributed by atoms with Gasteiger partial charge in [-0.3, -0.25) is 9.69 Å². The number of carbonyl (C=O) groups excluding carboxylic acids is 2. The van der Waals surface area contributed by atoms with E-state index in [0.717, 1.165) is 28.6 Å². The molecule has 1 fully saturated rings. The zero-order valence-corrected chi connectivity index (χ0v) is 15.2. The molecule has 3 rings (SSSR count). The normalized spacial score (nSPS) is 15.9. The van der Waals surface area contributed by atoms with Crippen LogP contribution >= 0.6 is 24.0 Å². The number of thiocarbonyl (C=S) groups is 1. The van der Waals surface area contributed by atoms with Gasteiger partial charge in [-0.15, -0.1) is 0 Å². The number of carbonyl (C=O) groups is 2. The summed E-state index contributed by atoms with van der Waals surface area (Å²) in [4.78, 5) is 25.9. The second kappa shape index (κ2) is 6.82. The smallest absolute Gasteiger partial charge is 0.270 e. The van der Waals surface area contributed by atoms with Crippen molar-refractivity contribution in [3.05, 3.63) is 69.6 Å². The van der Waals surface area contributed by atoms with Gasteiger partial charge < -0.3 is 9.90 Å². The average Bonchev–Trinajstić information content (AvgIpc) is 2.82. The third-order valence-electron chi connectivity index (χ3n) is 3.85. The van der Waals surface area contributed by atoms with Gasteiger partial charge in [0.05, 0.1) is 16.6 Å². The monoisotopic (exact) mass is 368 g/mol. The Balaban J connectivity index is 2.01. The first-order valence-electron chi connectivity index (χ1n) is 7.54. The third kappa shape index (κ3) is 3.36. The topological polar surface area (TPSA) is 60.4 Å². The molecule has 1 heterocycles. The van der Waals surface area contributed by atoms with E-state index in [9.17, 15) is 14.7 Å². The Bertz CT molecular complexity index is 934. The fraction of sp³-hybridized carbons (Fsp3) is 0.105. The Kier molecular flexibility index (Phi) is 4.74. The van der Waals surface area contributed by atoms with E-state index in [1.807, 2.05) is 32.0 Å². The standard InChI is InChI=1S/C19H15NO3S2/c1-11-7-8-15(12(2)9-11)20-17(21)16(25-19(20)24)10-13-5-3-4-6-14(13)18(22)23/h3-10H,1-2H3,(H,22,23)/p-1/b16-10-. The van der Waals surface area contributed by atoms with Crippen molar-refractivity contribution >= 4 is 51.9 Å². The van der Waals surface area contributed by atoms with Gasteiger partial charge in [0.15, 0.2) is 4.32 Å². The van der Waals surface area contributed by atoms with E-state index in [2.05, 4.69) is 0 Å². The predicted molar refractivity (Wildman–Crippen MR) is 102 cm³/mol. The van der Waals surface area contributed by atoms with Crippen molar-refractivity contribution in [3.8, 4) is 0 Å². The summed E-state index contributed by atoms with van der Waals surface area (Å²) in [5.41, 5.74) is 3.26.